The highest BCUT2D eigenvalue weighted by molar-refractivity contribution is 6.03. The summed E-state index contributed by atoms with van der Waals surface area (Å²) in [6, 6.07) is 14.7. The average Bonchev–Trinajstić information content (AvgIpc) is 3.28. The third-order valence-electron chi connectivity index (χ3n) is 7.39. The first-order chi connectivity index (χ1) is 17.5. The number of rotatable bonds is 6. The molecule has 7 nitrogen and oxygen atoms in total. The minimum absolute atomic E-state index is 0.139. The molecule has 1 amide bonds. The number of carboxylic acids is 1. The number of halogens is 3. The summed E-state index contributed by atoms with van der Waals surface area (Å²) in [5, 5.41) is 11.7. The molecular weight excluding hydrogens is 489 g/mol. The van der Waals surface area contributed by atoms with Crippen LogP contribution in [0.1, 0.15) is 59.8 Å². The van der Waals surface area contributed by atoms with E-state index in [2.05, 4.69) is 14.7 Å². The maximum atomic E-state index is 13.1. The maximum Gasteiger partial charge on any atom is 0.452 e. The van der Waals surface area contributed by atoms with Crippen molar-refractivity contribution in [1.29, 1.82) is 0 Å². The molecule has 2 bridgehead atoms. The van der Waals surface area contributed by atoms with Crippen LogP contribution in [0, 0.1) is 12.3 Å². The predicted octanol–water partition coefficient (Wildman–Crippen LogP) is 6.18. The molecular formula is C27H25F3N2O5. The summed E-state index contributed by atoms with van der Waals surface area (Å²) in [6.07, 6.45) is -1.46. The fourth-order valence-electron chi connectivity index (χ4n) is 5.36. The van der Waals surface area contributed by atoms with Crippen molar-refractivity contribution in [3.05, 3.63) is 71.4 Å². The SMILES string of the molecule is Cc1nc(C(=O)Nc2ccc(-c3ccc(C45CCC(CC(=O)O)(CC4)CO5)cc3)cc2)c(C(F)(F)F)o1. The van der Waals surface area contributed by atoms with E-state index in [4.69, 9.17) is 4.74 Å². The molecule has 3 fully saturated rings. The van der Waals surface area contributed by atoms with Gasteiger partial charge in [-0.2, -0.15) is 13.2 Å². The molecule has 37 heavy (non-hydrogen) atoms. The highest BCUT2D eigenvalue weighted by Crippen LogP contribution is 2.55. The first-order valence-electron chi connectivity index (χ1n) is 11.9. The first kappa shape index (κ1) is 25.0. The number of fused-ring (bicyclic) bond motifs is 3. The van der Waals surface area contributed by atoms with Crippen LogP contribution in [0.2, 0.25) is 0 Å². The van der Waals surface area contributed by atoms with Crippen molar-refractivity contribution in [2.45, 2.75) is 50.8 Å². The Kier molecular flexibility index (Phi) is 6.10. The van der Waals surface area contributed by atoms with Crippen molar-refractivity contribution in [2.24, 2.45) is 5.41 Å². The van der Waals surface area contributed by atoms with Crippen LogP contribution in [0.15, 0.2) is 52.9 Å². The first-order valence-corrected chi connectivity index (χ1v) is 11.9. The van der Waals surface area contributed by atoms with Gasteiger partial charge in [0.15, 0.2) is 11.6 Å². The lowest BCUT2D eigenvalue weighted by atomic mass is 9.63. The van der Waals surface area contributed by atoms with Crippen molar-refractivity contribution in [1.82, 2.24) is 4.98 Å². The van der Waals surface area contributed by atoms with Gasteiger partial charge in [-0.1, -0.05) is 36.4 Å². The van der Waals surface area contributed by atoms with E-state index in [1.54, 1.807) is 24.3 Å². The number of nitrogens with one attached hydrogen (secondary N) is 1. The number of hydrogen-bond donors (Lipinski definition) is 2. The van der Waals surface area contributed by atoms with Crippen LogP contribution >= 0.6 is 0 Å². The smallest absolute Gasteiger partial charge is 0.452 e. The Bertz CT molecular complexity index is 1310. The highest BCUT2D eigenvalue weighted by atomic mass is 19.4. The number of aryl methyl sites for hydroxylation is 1. The molecule has 2 aromatic carbocycles. The zero-order valence-electron chi connectivity index (χ0n) is 20.0. The summed E-state index contributed by atoms with van der Waals surface area (Å²) >= 11 is 0. The molecule has 3 aromatic rings. The second-order valence-electron chi connectivity index (χ2n) is 9.87. The number of benzene rings is 2. The molecule has 0 unspecified atom stereocenters. The van der Waals surface area contributed by atoms with Crippen LogP contribution in [-0.4, -0.2) is 28.6 Å². The fourth-order valence-corrected chi connectivity index (χ4v) is 5.36. The molecule has 3 heterocycles. The second kappa shape index (κ2) is 9.02. The Hall–Kier alpha value is -3.66. The Morgan fingerprint density at radius 2 is 1.59 bits per heavy atom. The van der Waals surface area contributed by atoms with E-state index in [0.29, 0.717) is 12.3 Å². The monoisotopic (exact) mass is 514 g/mol. The van der Waals surface area contributed by atoms with Crippen LogP contribution in [0.4, 0.5) is 18.9 Å². The van der Waals surface area contributed by atoms with Gasteiger partial charge >= 0.3 is 12.1 Å². The number of aromatic nitrogens is 1. The third kappa shape index (κ3) is 4.85. The number of ether oxygens (including phenoxy) is 1. The summed E-state index contributed by atoms with van der Waals surface area (Å²) in [6.45, 7) is 1.69. The molecule has 2 saturated heterocycles. The standard InChI is InChI=1S/C27H25F3N2O5/c1-16-31-22(23(37-16)27(28,29)30)24(35)32-20-8-4-18(5-9-20)17-2-6-19(7-3-17)26-12-10-25(11-13-26,15-36-26)14-21(33)34/h2-9H,10-15H2,1H3,(H,32,35)(H,33,34). The van der Waals surface area contributed by atoms with Crippen molar-refractivity contribution < 1.29 is 37.0 Å². The molecule has 0 atom stereocenters. The van der Waals surface area contributed by atoms with E-state index >= 15 is 0 Å². The fraction of sp³-hybridized carbons (Fsp3) is 0.370. The number of carbonyl (C=O) groups excluding carboxylic acids is 1. The van der Waals surface area contributed by atoms with Crippen LogP contribution < -0.4 is 5.32 Å². The maximum absolute atomic E-state index is 13.1. The lowest BCUT2D eigenvalue weighted by molar-refractivity contribution is -0.195. The van der Waals surface area contributed by atoms with Crippen molar-refractivity contribution in [2.75, 3.05) is 11.9 Å². The van der Waals surface area contributed by atoms with E-state index in [1.165, 1.54) is 6.92 Å². The second-order valence-corrected chi connectivity index (χ2v) is 9.87. The van der Waals surface area contributed by atoms with Gasteiger partial charge in [0.1, 0.15) is 0 Å². The van der Waals surface area contributed by atoms with Gasteiger partial charge in [-0.25, -0.2) is 4.98 Å². The number of amides is 1. The molecule has 6 rings (SSSR count). The third-order valence-corrected chi connectivity index (χ3v) is 7.39. The zero-order chi connectivity index (χ0) is 26.4. The van der Waals surface area contributed by atoms with Gasteiger partial charge < -0.3 is 19.6 Å². The summed E-state index contributed by atoms with van der Waals surface area (Å²) in [5.74, 6) is -3.46. The molecule has 2 aliphatic heterocycles. The molecule has 0 spiro atoms. The van der Waals surface area contributed by atoms with E-state index in [1.807, 2.05) is 24.3 Å². The minimum atomic E-state index is -4.83. The Balaban J connectivity index is 1.26. The highest BCUT2D eigenvalue weighted by Gasteiger charge is 2.51. The molecule has 1 saturated carbocycles. The van der Waals surface area contributed by atoms with Crippen molar-refractivity contribution in [3.8, 4) is 11.1 Å². The number of nitrogens with zero attached hydrogens (tertiary/aromatic N) is 1. The summed E-state index contributed by atoms with van der Waals surface area (Å²) in [7, 11) is 0. The number of anilines is 1. The lowest BCUT2D eigenvalue weighted by Crippen LogP contribution is -2.50. The molecule has 0 radical (unpaired) electrons. The van der Waals surface area contributed by atoms with Crippen molar-refractivity contribution in [3.63, 3.8) is 0 Å². The Morgan fingerprint density at radius 3 is 2.11 bits per heavy atom. The van der Waals surface area contributed by atoms with Gasteiger partial charge in [-0.05, 0) is 54.5 Å². The molecule has 194 valence electrons. The summed E-state index contributed by atoms with van der Waals surface area (Å²) in [5.41, 5.74) is 1.72. The Labute approximate surface area is 210 Å². The van der Waals surface area contributed by atoms with E-state index < -0.39 is 29.5 Å². The molecule has 1 aromatic heterocycles. The van der Waals surface area contributed by atoms with E-state index in [-0.39, 0.29) is 23.3 Å². The summed E-state index contributed by atoms with van der Waals surface area (Å²) < 4.78 is 50.2. The Morgan fingerprint density at radius 1 is 1.00 bits per heavy atom. The molecule has 3 aliphatic rings. The van der Waals surface area contributed by atoms with Gasteiger partial charge in [0.25, 0.3) is 5.91 Å². The number of carbonyl (C=O) groups is 2. The van der Waals surface area contributed by atoms with Gasteiger partial charge in [-0.15, -0.1) is 0 Å². The molecule has 2 N–H and O–H groups in total. The number of oxazole rings is 1. The van der Waals surface area contributed by atoms with Gasteiger partial charge in [0, 0.05) is 18.0 Å². The number of carboxylic acid groups (broad SMARTS) is 1. The largest absolute Gasteiger partial charge is 0.481 e. The number of aliphatic carboxylic acids is 1. The predicted molar refractivity (Wildman–Crippen MR) is 127 cm³/mol. The lowest BCUT2D eigenvalue weighted by Gasteiger charge is -2.53. The molecule has 1 aliphatic carbocycles. The normalized spacial score (nSPS) is 23.1. The number of hydrogen-bond acceptors (Lipinski definition) is 5. The minimum Gasteiger partial charge on any atom is -0.481 e. The van der Waals surface area contributed by atoms with Gasteiger partial charge in [0.2, 0.25) is 5.76 Å². The average molecular weight is 515 g/mol. The quantitative estimate of drug-likeness (QED) is 0.407. The van der Waals surface area contributed by atoms with Crippen LogP contribution in [0.5, 0.6) is 0 Å². The van der Waals surface area contributed by atoms with Crippen LogP contribution in [0.25, 0.3) is 11.1 Å². The van der Waals surface area contributed by atoms with Crippen LogP contribution in [0.3, 0.4) is 0 Å². The van der Waals surface area contributed by atoms with E-state index in [0.717, 1.165) is 42.4 Å². The van der Waals surface area contributed by atoms with Gasteiger partial charge in [0.05, 0.1) is 18.6 Å². The topological polar surface area (TPSA) is 102 Å². The van der Waals surface area contributed by atoms with Gasteiger partial charge in [-0.3, -0.25) is 9.59 Å². The number of alkyl halides is 3. The van der Waals surface area contributed by atoms with Crippen molar-refractivity contribution >= 4 is 17.6 Å². The summed E-state index contributed by atoms with van der Waals surface area (Å²) in [4.78, 5) is 27.2. The van der Waals surface area contributed by atoms with Crippen LogP contribution in [-0.2, 0) is 21.3 Å². The molecule has 10 heteroatoms. The van der Waals surface area contributed by atoms with E-state index in [9.17, 15) is 27.9 Å². The zero-order valence-corrected chi connectivity index (χ0v) is 20.0.